The summed E-state index contributed by atoms with van der Waals surface area (Å²) >= 11 is 0. The molecule has 0 radical (unpaired) electrons. The highest BCUT2D eigenvalue weighted by atomic mass is 14.2. The quantitative estimate of drug-likeness (QED) is 0.565. The van der Waals surface area contributed by atoms with Gasteiger partial charge in [0.25, 0.3) is 0 Å². The van der Waals surface area contributed by atoms with Crippen LogP contribution in [-0.2, 0) is 6.42 Å². The van der Waals surface area contributed by atoms with Crippen LogP contribution in [0.25, 0.3) is 11.6 Å². The number of rotatable bonds is 1. The number of fused-ring (bicyclic) bond motifs is 1. The molecule has 0 bridgehead atoms. The van der Waals surface area contributed by atoms with E-state index in [-0.39, 0.29) is 0 Å². The van der Waals surface area contributed by atoms with E-state index in [1.807, 2.05) is 27.7 Å². The molecule has 1 aromatic rings. The van der Waals surface area contributed by atoms with Crippen molar-refractivity contribution in [1.29, 1.82) is 0 Å². The SMILES string of the molecule is C=C1CCc2ccc(C)c(/C=C\C)c21.CC.CC. The van der Waals surface area contributed by atoms with E-state index in [1.54, 1.807) is 0 Å². The van der Waals surface area contributed by atoms with Crippen molar-refractivity contribution in [2.24, 2.45) is 0 Å². The van der Waals surface area contributed by atoms with E-state index in [0.717, 1.165) is 6.42 Å². The zero-order valence-electron chi connectivity index (χ0n) is 12.9. The fraction of sp³-hybridized carbons (Fsp3) is 0.444. The Morgan fingerprint density at radius 1 is 1.06 bits per heavy atom. The van der Waals surface area contributed by atoms with Gasteiger partial charge < -0.3 is 0 Å². The number of aryl methyl sites for hydroxylation is 2. The van der Waals surface area contributed by atoms with Crippen molar-refractivity contribution in [3.63, 3.8) is 0 Å². The van der Waals surface area contributed by atoms with E-state index < -0.39 is 0 Å². The molecule has 0 aliphatic heterocycles. The Labute approximate surface area is 113 Å². The Kier molecular flexibility index (Phi) is 8.11. The topological polar surface area (TPSA) is 0 Å². The highest BCUT2D eigenvalue weighted by Crippen LogP contribution is 2.35. The van der Waals surface area contributed by atoms with Crippen molar-refractivity contribution >= 4 is 11.6 Å². The maximum absolute atomic E-state index is 4.15. The predicted molar refractivity (Wildman–Crippen MR) is 85.9 cm³/mol. The van der Waals surface area contributed by atoms with Gasteiger partial charge >= 0.3 is 0 Å². The third-order valence-electron chi connectivity index (χ3n) is 2.93. The van der Waals surface area contributed by atoms with Crippen molar-refractivity contribution in [2.75, 3.05) is 0 Å². The van der Waals surface area contributed by atoms with Crippen LogP contribution in [0.5, 0.6) is 0 Å². The number of benzene rings is 1. The zero-order chi connectivity index (χ0) is 14.1. The van der Waals surface area contributed by atoms with Crippen molar-refractivity contribution in [3.8, 4) is 0 Å². The van der Waals surface area contributed by atoms with Crippen LogP contribution in [-0.4, -0.2) is 0 Å². The highest BCUT2D eigenvalue weighted by Gasteiger charge is 2.17. The lowest BCUT2D eigenvalue weighted by Crippen LogP contribution is -1.90. The first kappa shape index (κ1) is 16.7. The van der Waals surface area contributed by atoms with Gasteiger partial charge in [-0.15, -0.1) is 0 Å². The van der Waals surface area contributed by atoms with Crippen LogP contribution in [0, 0.1) is 6.92 Å². The van der Waals surface area contributed by atoms with E-state index in [2.05, 4.69) is 44.7 Å². The lowest BCUT2D eigenvalue weighted by atomic mass is 9.96. The second kappa shape index (κ2) is 8.74. The smallest absolute Gasteiger partial charge is 0.0123 e. The Balaban J connectivity index is 0.000000659. The van der Waals surface area contributed by atoms with Crippen LogP contribution in [0.3, 0.4) is 0 Å². The summed E-state index contributed by atoms with van der Waals surface area (Å²) < 4.78 is 0. The normalized spacial score (nSPS) is 12.4. The summed E-state index contributed by atoms with van der Waals surface area (Å²) in [6.07, 6.45) is 6.60. The Morgan fingerprint density at radius 3 is 2.22 bits per heavy atom. The molecule has 0 atom stereocenters. The van der Waals surface area contributed by atoms with Crippen molar-refractivity contribution in [1.82, 2.24) is 0 Å². The first-order valence-electron chi connectivity index (χ1n) is 7.17. The summed E-state index contributed by atoms with van der Waals surface area (Å²) in [6, 6.07) is 4.46. The summed E-state index contributed by atoms with van der Waals surface area (Å²) in [6.45, 7) is 16.4. The van der Waals surface area contributed by atoms with Gasteiger partial charge in [0.15, 0.2) is 0 Å². The van der Waals surface area contributed by atoms with Crippen molar-refractivity contribution in [3.05, 3.63) is 47.0 Å². The molecule has 1 aliphatic rings. The molecule has 0 saturated carbocycles. The van der Waals surface area contributed by atoms with Crippen LogP contribution in [0.2, 0.25) is 0 Å². The number of allylic oxidation sites excluding steroid dienone is 2. The van der Waals surface area contributed by atoms with Crippen LogP contribution >= 0.6 is 0 Å². The minimum Gasteiger partial charge on any atom is -0.0952 e. The van der Waals surface area contributed by atoms with Crippen LogP contribution < -0.4 is 0 Å². The average Bonchev–Trinajstić information content (AvgIpc) is 2.80. The molecular formula is C18H28. The standard InChI is InChI=1S/C14H16.2C2H6/c1-4-5-13-10(2)6-8-12-9-7-11(3)14(12)13;2*1-2/h4-6,8H,3,7,9H2,1-2H3;2*1-2H3/b5-4-;;. The molecule has 2 rings (SSSR count). The molecule has 0 heteroatoms. The number of hydrogen-bond donors (Lipinski definition) is 0. The summed E-state index contributed by atoms with van der Waals surface area (Å²) in [5, 5.41) is 0. The number of hydrogen-bond acceptors (Lipinski definition) is 0. The Hall–Kier alpha value is -1.30. The first-order valence-corrected chi connectivity index (χ1v) is 7.17. The van der Waals surface area contributed by atoms with Gasteiger partial charge in [-0.25, -0.2) is 0 Å². The molecule has 100 valence electrons. The van der Waals surface area contributed by atoms with Gasteiger partial charge in [0.05, 0.1) is 0 Å². The second-order valence-corrected chi connectivity index (χ2v) is 3.93. The fourth-order valence-corrected chi connectivity index (χ4v) is 2.19. The van der Waals surface area contributed by atoms with Gasteiger partial charge in [0.1, 0.15) is 0 Å². The molecule has 0 fully saturated rings. The Morgan fingerprint density at radius 2 is 1.67 bits per heavy atom. The molecule has 0 N–H and O–H groups in total. The van der Waals surface area contributed by atoms with Gasteiger partial charge in [-0.05, 0) is 54.5 Å². The van der Waals surface area contributed by atoms with Gasteiger partial charge in [0, 0.05) is 0 Å². The van der Waals surface area contributed by atoms with Gasteiger partial charge in [0.2, 0.25) is 0 Å². The van der Waals surface area contributed by atoms with Crippen LogP contribution in [0.1, 0.15) is 63.3 Å². The zero-order valence-corrected chi connectivity index (χ0v) is 12.9. The molecule has 0 unspecified atom stereocenters. The first-order chi connectivity index (χ1) is 8.74. The summed E-state index contributed by atoms with van der Waals surface area (Å²) in [5.74, 6) is 0. The van der Waals surface area contributed by atoms with E-state index >= 15 is 0 Å². The lowest BCUT2D eigenvalue weighted by Gasteiger charge is -2.08. The largest absolute Gasteiger partial charge is 0.0952 e. The minimum atomic E-state index is 1.13. The molecule has 0 heterocycles. The molecule has 0 saturated heterocycles. The molecule has 1 aromatic carbocycles. The fourth-order valence-electron chi connectivity index (χ4n) is 2.19. The second-order valence-electron chi connectivity index (χ2n) is 3.93. The molecule has 0 aromatic heterocycles. The third kappa shape index (κ3) is 3.60. The summed E-state index contributed by atoms with van der Waals surface area (Å²) in [4.78, 5) is 0. The monoisotopic (exact) mass is 244 g/mol. The van der Waals surface area contributed by atoms with Gasteiger partial charge in [-0.2, -0.15) is 0 Å². The molecule has 0 spiro atoms. The molecule has 0 amide bonds. The third-order valence-corrected chi connectivity index (χ3v) is 2.93. The lowest BCUT2D eigenvalue weighted by molar-refractivity contribution is 1.08. The minimum absolute atomic E-state index is 1.13. The van der Waals surface area contributed by atoms with Gasteiger partial charge in [-0.3, -0.25) is 0 Å². The van der Waals surface area contributed by atoms with Crippen molar-refractivity contribution in [2.45, 2.75) is 54.4 Å². The highest BCUT2D eigenvalue weighted by molar-refractivity contribution is 5.79. The molecule has 18 heavy (non-hydrogen) atoms. The molecule has 0 nitrogen and oxygen atoms in total. The molecular weight excluding hydrogens is 216 g/mol. The van der Waals surface area contributed by atoms with Gasteiger partial charge in [-0.1, -0.05) is 58.6 Å². The van der Waals surface area contributed by atoms with Crippen LogP contribution in [0.4, 0.5) is 0 Å². The predicted octanol–water partition coefficient (Wildman–Crippen LogP) is 6.04. The summed E-state index contributed by atoms with van der Waals surface area (Å²) in [7, 11) is 0. The van der Waals surface area contributed by atoms with Crippen molar-refractivity contribution < 1.29 is 0 Å². The maximum Gasteiger partial charge on any atom is -0.0123 e. The maximum atomic E-state index is 4.15. The average molecular weight is 244 g/mol. The van der Waals surface area contributed by atoms with Crippen LogP contribution in [0.15, 0.2) is 24.8 Å². The summed E-state index contributed by atoms with van der Waals surface area (Å²) in [5.41, 5.74) is 6.89. The Bertz CT molecular complexity index is 408. The van der Waals surface area contributed by atoms with E-state index in [0.29, 0.717) is 0 Å². The van der Waals surface area contributed by atoms with E-state index in [9.17, 15) is 0 Å². The molecule has 1 aliphatic carbocycles. The van der Waals surface area contributed by atoms with E-state index in [1.165, 1.54) is 34.2 Å². The van der Waals surface area contributed by atoms with E-state index in [4.69, 9.17) is 0 Å².